The fourth-order valence-electron chi connectivity index (χ4n) is 3.04. The smallest absolute Gasteiger partial charge is 0.270 e. The average Bonchev–Trinajstić information content (AvgIpc) is 3.10. The first-order valence-corrected chi connectivity index (χ1v) is 8.63. The van der Waals surface area contributed by atoms with Crippen LogP contribution >= 0.6 is 0 Å². The number of nitrogens with zero attached hydrogens (tertiary/aromatic N) is 2. The van der Waals surface area contributed by atoms with Crippen molar-refractivity contribution < 1.29 is 14.5 Å². The molecule has 3 rings (SSSR count). The third-order valence-electron chi connectivity index (χ3n) is 4.40. The van der Waals surface area contributed by atoms with Gasteiger partial charge in [-0.3, -0.25) is 19.7 Å². The maximum absolute atomic E-state index is 12.4. The second-order valence-electron chi connectivity index (χ2n) is 6.21. The van der Waals surface area contributed by atoms with E-state index in [0.29, 0.717) is 12.1 Å². The van der Waals surface area contributed by atoms with Crippen LogP contribution in [0.25, 0.3) is 6.08 Å². The van der Waals surface area contributed by atoms with Crippen molar-refractivity contribution in [2.75, 3.05) is 6.54 Å². The lowest BCUT2D eigenvalue weighted by molar-refractivity contribution is -0.384. The quantitative estimate of drug-likeness (QED) is 0.347. The van der Waals surface area contributed by atoms with Gasteiger partial charge in [0.2, 0.25) is 5.91 Å². The fraction of sp³-hybridized carbons (Fsp3) is 0.150. The molecule has 1 aliphatic rings. The maximum Gasteiger partial charge on any atom is 0.270 e. The molecule has 0 saturated carbocycles. The molecular weight excluding hydrogens is 360 g/mol. The zero-order valence-corrected chi connectivity index (χ0v) is 14.8. The lowest BCUT2D eigenvalue weighted by atomic mass is 9.88. The highest BCUT2D eigenvalue weighted by atomic mass is 16.6. The summed E-state index contributed by atoms with van der Waals surface area (Å²) in [4.78, 5) is 34.8. The van der Waals surface area contributed by atoms with Gasteiger partial charge in [-0.05, 0) is 17.2 Å². The highest BCUT2D eigenvalue weighted by molar-refractivity contribution is 6.03. The van der Waals surface area contributed by atoms with Crippen LogP contribution in [0.15, 0.2) is 65.8 Å². The van der Waals surface area contributed by atoms with Crippen molar-refractivity contribution >= 4 is 29.8 Å². The Hall–Kier alpha value is -3.81. The highest BCUT2D eigenvalue weighted by Gasteiger charge is 2.40. The maximum atomic E-state index is 12.4. The van der Waals surface area contributed by atoms with Crippen LogP contribution in [0.3, 0.4) is 0 Å². The number of allylic oxidation sites excluding steroid dienone is 1. The van der Waals surface area contributed by atoms with E-state index in [2.05, 4.69) is 15.8 Å². The summed E-state index contributed by atoms with van der Waals surface area (Å²) in [5, 5.41) is 17.3. The Kier molecular flexibility index (Phi) is 5.91. The number of hydrazone groups is 1. The third kappa shape index (κ3) is 4.47. The molecule has 2 aromatic rings. The molecule has 0 radical (unpaired) electrons. The first kappa shape index (κ1) is 19.0. The van der Waals surface area contributed by atoms with Crippen molar-refractivity contribution in [3.63, 3.8) is 0 Å². The van der Waals surface area contributed by atoms with Gasteiger partial charge < -0.3 is 5.32 Å². The molecule has 1 fully saturated rings. The Labute approximate surface area is 161 Å². The Bertz CT molecular complexity index is 940. The number of rotatable bonds is 6. The van der Waals surface area contributed by atoms with E-state index in [0.717, 1.165) is 5.56 Å². The van der Waals surface area contributed by atoms with E-state index in [-0.39, 0.29) is 17.5 Å². The van der Waals surface area contributed by atoms with Crippen LogP contribution in [0.1, 0.15) is 17.0 Å². The van der Waals surface area contributed by atoms with Crippen LogP contribution in [0.5, 0.6) is 0 Å². The summed E-state index contributed by atoms with van der Waals surface area (Å²) in [6.07, 6.45) is 4.52. The molecule has 0 aromatic heterocycles. The van der Waals surface area contributed by atoms with Crippen LogP contribution in [-0.4, -0.2) is 29.5 Å². The van der Waals surface area contributed by atoms with Crippen LogP contribution < -0.4 is 10.7 Å². The molecule has 2 aromatic carbocycles. The lowest BCUT2D eigenvalue weighted by Gasteiger charge is -2.15. The van der Waals surface area contributed by atoms with Gasteiger partial charge >= 0.3 is 0 Å². The molecule has 8 heteroatoms. The van der Waals surface area contributed by atoms with E-state index in [4.69, 9.17) is 0 Å². The van der Waals surface area contributed by atoms with Gasteiger partial charge in [-0.1, -0.05) is 48.5 Å². The number of hydrogen-bond acceptors (Lipinski definition) is 5. The molecule has 0 unspecified atom stereocenters. The van der Waals surface area contributed by atoms with E-state index in [9.17, 15) is 19.7 Å². The van der Waals surface area contributed by atoms with Crippen LogP contribution in [0.4, 0.5) is 5.69 Å². The van der Waals surface area contributed by atoms with Crippen molar-refractivity contribution in [2.24, 2.45) is 11.0 Å². The molecule has 28 heavy (non-hydrogen) atoms. The van der Waals surface area contributed by atoms with Gasteiger partial charge in [0, 0.05) is 30.8 Å². The third-order valence-corrected chi connectivity index (χ3v) is 4.40. The number of hydrogen-bond donors (Lipinski definition) is 2. The summed E-state index contributed by atoms with van der Waals surface area (Å²) in [6, 6.07) is 15.5. The van der Waals surface area contributed by atoms with Crippen molar-refractivity contribution in [1.82, 2.24) is 10.7 Å². The summed E-state index contributed by atoms with van der Waals surface area (Å²) >= 11 is 0. The van der Waals surface area contributed by atoms with Gasteiger partial charge in [0.25, 0.3) is 11.6 Å². The number of nitro benzene ring substituents is 1. The molecule has 2 atom stereocenters. The number of nitro groups is 1. The number of non-ortho nitro benzene ring substituents is 1. The second kappa shape index (κ2) is 8.72. The summed E-state index contributed by atoms with van der Waals surface area (Å²) in [7, 11) is 0. The second-order valence-corrected chi connectivity index (χ2v) is 6.21. The van der Waals surface area contributed by atoms with Gasteiger partial charge in [0.1, 0.15) is 5.92 Å². The van der Waals surface area contributed by atoms with Gasteiger partial charge in [-0.15, -0.1) is 0 Å². The highest BCUT2D eigenvalue weighted by Crippen LogP contribution is 2.28. The molecule has 0 bridgehead atoms. The summed E-state index contributed by atoms with van der Waals surface area (Å²) in [6.45, 7) is 0.400. The minimum absolute atomic E-state index is 0.00779. The van der Waals surface area contributed by atoms with Crippen molar-refractivity contribution in [2.45, 2.75) is 5.92 Å². The molecule has 0 aliphatic carbocycles. The standard InChI is InChI=1S/C20H18N4O4/c25-19-18(17(13-21-19)15-8-2-1-3-9-15)20(26)23-22-11-5-7-14-6-4-10-16(12-14)24(27)28/h1-12,17-18H,13H2,(H,21,25)(H,23,26)/b7-5+,22-11+/t17-,18-/m1/s1. The Morgan fingerprint density at radius 1 is 1.21 bits per heavy atom. The molecule has 1 heterocycles. The van der Waals surface area contributed by atoms with Gasteiger partial charge in [-0.2, -0.15) is 5.10 Å². The lowest BCUT2D eigenvalue weighted by Crippen LogP contribution is -2.34. The average molecular weight is 378 g/mol. The fourth-order valence-corrected chi connectivity index (χ4v) is 3.04. The van der Waals surface area contributed by atoms with E-state index >= 15 is 0 Å². The normalized spacial score (nSPS) is 19.1. The number of carbonyl (C=O) groups excluding carboxylic acids is 2. The van der Waals surface area contributed by atoms with E-state index in [1.807, 2.05) is 30.3 Å². The van der Waals surface area contributed by atoms with Crippen molar-refractivity contribution in [3.8, 4) is 0 Å². The van der Waals surface area contributed by atoms with E-state index in [1.165, 1.54) is 18.3 Å². The number of amides is 2. The first-order chi connectivity index (χ1) is 13.6. The minimum Gasteiger partial charge on any atom is -0.355 e. The van der Waals surface area contributed by atoms with Crippen LogP contribution in [0.2, 0.25) is 0 Å². The monoisotopic (exact) mass is 378 g/mol. The van der Waals surface area contributed by atoms with E-state index < -0.39 is 16.7 Å². The van der Waals surface area contributed by atoms with Crippen LogP contribution in [-0.2, 0) is 9.59 Å². The predicted molar refractivity (Wildman–Crippen MR) is 104 cm³/mol. The zero-order valence-electron chi connectivity index (χ0n) is 14.8. The molecule has 1 aliphatic heterocycles. The summed E-state index contributed by atoms with van der Waals surface area (Å²) in [5.74, 6) is -1.90. The molecule has 8 nitrogen and oxygen atoms in total. The van der Waals surface area contributed by atoms with Crippen molar-refractivity contribution in [1.29, 1.82) is 0 Å². The first-order valence-electron chi connectivity index (χ1n) is 8.63. The van der Waals surface area contributed by atoms with Gasteiger partial charge in [0.05, 0.1) is 4.92 Å². The van der Waals surface area contributed by atoms with E-state index in [1.54, 1.807) is 24.3 Å². The Balaban J connectivity index is 1.60. The molecule has 2 N–H and O–H groups in total. The molecular formula is C20H18N4O4. The predicted octanol–water partition coefficient (Wildman–Crippen LogP) is 2.24. The largest absolute Gasteiger partial charge is 0.355 e. The summed E-state index contributed by atoms with van der Waals surface area (Å²) in [5.41, 5.74) is 3.92. The number of carbonyl (C=O) groups is 2. The van der Waals surface area contributed by atoms with Crippen LogP contribution in [0, 0.1) is 16.0 Å². The number of benzene rings is 2. The molecule has 2 amide bonds. The Morgan fingerprint density at radius 3 is 2.75 bits per heavy atom. The topological polar surface area (TPSA) is 114 Å². The molecule has 142 valence electrons. The molecule has 1 saturated heterocycles. The SMILES string of the molecule is O=C1NC[C@H](c2ccccc2)[C@H]1C(=O)N/N=C/C=C/c1cccc([N+](=O)[O-])c1. The zero-order chi connectivity index (χ0) is 19.9. The summed E-state index contributed by atoms with van der Waals surface area (Å²) < 4.78 is 0. The number of nitrogens with one attached hydrogen (secondary N) is 2. The van der Waals surface area contributed by atoms with Crippen molar-refractivity contribution in [3.05, 3.63) is 81.9 Å². The Morgan fingerprint density at radius 2 is 2.00 bits per heavy atom. The van der Waals surface area contributed by atoms with Gasteiger partial charge in [-0.25, -0.2) is 5.43 Å². The minimum atomic E-state index is -0.847. The van der Waals surface area contributed by atoms with Gasteiger partial charge in [0.15, 0.2) is 0 Å². The molecule has 0 spiro atoms.